The zero-order chi connectivity index (χ0) is 22.3. The summed E-state index contributed by atoms with van der Waals surface area (Å²) in [5.41, 5.74) is 1.52. The number of benzene rings is 2. The van der Waals surface area contributed by atoms with E-state index in [1.54, 1.807) is 0 Å². The Hall–Kier alpha value is -3.03. The number of carbonyl (C=O) groups excluding carboxylic acids is 1. The van der Waals surface area contributed by atoms with Crippen molar-refractivity contribution in [1.82, 2.24) is 25.0 Å². The number of hydrogen-bond acceptors (Lipinski definition) is 4. The van der Waals surface area contributed by atoms with Crippen molar-refractivity contribution >= 4 is 23.6 Å². The van der Waals surface area contributed by atoms with Gasteiger partial charge in [-0.25, -0.2) is 4.39 Å². The van der Waals surface area contributed by atoms with Gasteiger partial charge in [0.1, 0.15) is 17.5 Å². The summed E-state index contributed by atoms with van der Waals surface area (Å²) in [6.07, 6.45) is 3.38. The number of nitrogens with one attached hydrogen (secondary N) is 1. The first-order valence-electron chi connectivity index (χ1n) is 10.7. The van der Waals surface area contributed by atoms with Crippen LogP contribution in [0.2, 0.25) is 0 Å². The van der Waals surface area contributed by atoms with Crippen LogP contribution >= 0.6 is 11.6 Å². The van der Waals surface area contributed by atoms with Crippen molar-refractivity contribution in [3.05, 3.63) is 88.2 Å². The summed E-state index contributed by atoms with van der Waals surface area (Å²) in [7, 11) is 0. The Morgan fingerprint density at radius 3 is 2.62 bits per heavy atom. The molecule has 1 aliphatic rings. The fourth-order valence-corrected chi connectivity index (χ4v) is 4.05. The largest absolute Gasteiger partial charge is 0.352 e. The molecule has 0 radical (unpaired) electrons. The molecule has 6 nitrogen and oxygen atoms in total. The molecular weight excluding hydrogens is 429 g/mol. The predicted octanol–water partition coefficient (Wildman–Crippen LogP) is 3.53. The van der Waals surface area contributed by atoms with Gasteiger partial charge in [0.05, 0.1) is 0 Å². The number of amides is 1. The maximum Gasteiger partial charge on any atom is 0.251 e. The first-order chi connectivity index (χ1) is 15.6. The number of rotatable bonds is 7. The van der Waals surface area contributed by atoms with Crippen LogP contribution in [0.4, 0.5) is 4.39 Å². The molecule has 0 fully saturated rings. The lowest BCUT2D eigenvalue weighted by Gasteiger charge is -2.19. The quantitative estimate of drug-likeness (QED) is 0.594. The van der Waals surface area contributed by atoms with E-state index in [1.807, 2.05) is 36.4 Å². The van der Waals surface area contributed by atoms with Gasteiger partial charge in [-0.2, -0.15) is 0 Å². The Morgan fingerprint density at radius 1 is 1.06 bits per heavy atom. The molecule has 0 aliphatic carbocycles. The van der Waals surface area contributed by atoms with Gasteiger partial charge in [0.15, 0.2) is 0 Å². The van der Waals surface area contributed by atoms with Crippen LogP contribution in [0.5, 0.6) is 0 Å². The molecule has 166 valence electrons. The topological polar surface area (TPSA) is 63.1 Å². The molecule has 0 saturated carbocycles. The Bertz CT molecular complexity index is 1080. The zero-order valence-electron chi connectivity index (χ0n) is 17.7. The standard InChI is InChI=1S/C24H25ClFN5O/c25-20(16-18-4-2-1-3-5-18)17-30-13-11-23-29-28-22(31(23)15-14-30)10-12-27-24(32)19-6-8-21(26)9-7-19/h1-9,16H,10-15,17H2,(H,27,32)/b20-16-. The molecule has 0 spiro atoms. The lowest BCUT2D eigenvalue weighted by molar-refractivity contribution is 0.0954. The fourth-order valence-electron chi connectivity index (χ4n) is 3.75. The molecular formula is C24H25ClFN5O. The number of nitrogens with zero attached hydrogens (tertiary/aromatic N) is 4. The van der Waals surface area contributed by atoms with Crippen LogP contribution in [0.3, 0.4) is 0 Å². The summed E-state index contributed by atoms with van der Waals surface area (Å²) < 4.78 is 15.2. The third-order valence-corrected chi connectivity index (χ3v) is 5.66. The molecule has 8 heteroatoms. The molecule has 0 unspecified atom stereocenters. The van der Waals surface area contributed by atoms with Gasteiger partial charge in [-0.15, -0.1) is 10.2 Å². The van der Waals surface area contributed by atoms with Crippen molar-refractivity contribution in [2.75, 3.05) is 26.2 Å². The normalized spacial score (nSPS) is 14.6. The van der Waals surface area contributed by atoms with Crippen molar-refractivity contribution < 1.29 is 9.18 Å². The number of halogens is 2. The van der Waals surface area contributed by atoms with Gasteiger partial charge in [-0.05, 0) is 35.9 Å². The summed E-state index contributed by atoms with van der Waals surface area (Å²) in [6, 6.07) is 15.6. The molecule has 1 amide bonds. The van der Waals surface area contributed by atoms with Crippen molar-refractivity contribution in [1.29, 1.82) is 0 Å². The van der Waals surface area contributed by atoms with Crippen LogP contribution < -0.4 is 5.32 Å². The molecule has 0 atom stereocenters. The summed E-state index contributed by atoms with van der Waals surface area (Å²) in [6.45, 7) is 3.61. The highest BCUT2D eigenvalue weighted by Gasteiger charge is 2.19. The van der Waals surface area contributed by atoms with Crippen LogP contribution in [0.1, 0.15) is 27.6 Å². The second-order valence-electron chi connectivity index (χ2n) is 7.72. The second kappa shape index (κ2) is 10.5. The summed E-state index contributed by atoms with van der Waals surface area (Å²) in [4.78, 5) is 14.5. The molecule has 1 N–H and O–H groups in total. The third-order valence-electron chi connectivity index (χ3n) is 5.43. The highest BCUT2D eigenvalue weighted by Crippen LogP contribution is 2.15. The van der Waals surface area contributed by atoms with Crippen molar-refractivity contribution in [3.63, 3.8) is 0 Å². The van der Waals surface area contributed by atoms with E-state index in [0.29, 0.717) is 25.1 Å². The number of carbonyl (C=O) groups is 1. The van der Waals surface area contributed by atoms with Gasteiger partial charge in [0.2, 0.25) is 0 Å². The molecule has 1 aliphatic heterocycles. The van der Waals surface area contributed by atoms with Gasteiger partial charge in [0, 0.05) is 56.2 Å². The molecule has 0 bridgehead atoms. The van der Waals surface area contributed by atoms with Gasteiger partial charge in [-0.1, -0.05) is 41.9 Å². The van der Waals surface area contributed by atoms with E-state index >= 15 is 0 Å². The van der Waals surface area contributed by atoms with Gasteiger partial charge < -0.3 is 9.88 Å². The molecule has 3 aromatic rings. The lowest BCUT2D eigenvalue weighted by atomic mass is 10.2. The van der Waals surface area contributed by atoms with E-state index in [9.17, 15) is 9.18 Å². The average Bonchev–Trinajstić information content (AvgIpc) is 3.07. The molecule has 0 saturated heterocycles. The third kappa shape index (κ3) is 5.81. The van der Waals surface area contributed by atoms with Crippen LogP contribution in [0.15, 0.2) is 59.6 Å². The van der Waals surface area contributed by atoms with E-state index < -0.39 is 0 Å². The number of aromatic nitrogens is 3. The summed E-state index contributed by atoms with van der Waals surface area (Å²) in [5.74, 6) is 1.22. The minimum absolute atomic E-state index is 0.230. The second-order valence-corrected chi connectivity index (χ2v) is 8.21. The molecule has 4 rings (SSSR count). The Labute approximate surface area is 191 Å². The Kier molecular flexibility index (Phi) is 7.29. The highest BCUT2D eigenvalue weighted by molar-refractivity contribution is 6.31. The van der Waals surface area contributed by atoms with E-state index in [-0.39, 0.29) is 11.7 Å². The Morgan fingerprint density at radius 2 is 1.84 bits per heavy atom. The van der Waals surface area contributed by atoms with Crippen LogP contribution in [0, 0.1) is 5.82 Å². The fraction of sp³-hybridized carbons (Fsp3) is 0.292. The van der Waals surface area contributed by atoms with E-state index in [2.05, 4.69) is 25.0 Å². The lowest BCUT2D eigenvalue weighted by Crippen LogP contribution is -2.29. The zero-order valence-corrected chi connectivity index (χ0v) is 18.4. The molecule has 1 aromatic heterocycles. The van der Waals surface area contributed by atoms with Crippen LogP contribution in [-0.4, -0.2) is 51.8 Å². The maximum atomic E-state index is 13.0. The van der Waals surface area contributed by atoms with Gasteiger partial charge in [0.25, 0.3) is 5.91 Å². The van der Waals surface area contributed by atoms with Gasteiger partial charge in [-0.3, -0.25) is 9.69 Å². The Balaban J connectivity index is 1.29. The average molecular weight is 454 g/mol. The SMILES string of the molecule is O=C(NCCc1nnc2n1CCN(C/C(Cl)=C/c1ccccc1)CC2)c1ccc(F)cc1. The smallest absolute Gasteiger partial charge is 0.251 e. The molecule has 2 aromatic carbocycles. The first kappa shape index (κ1) is 22.2. The van der Waals surface area contributed by atoms with Crippen molar-refractivity contribution in [3.8, 4) is 0 Å². The van der Waals surface area contributed by atoms with Crippen molar-refractivity contribution in [2.24, 2.45) is 0 Å². The van der Waals surface area contributed by atoms with E-state index in [4.69, 9.17) is 11.6 Å². The van der Waals surface area contributed by atoms with E-state index in [1.165, 1.54) is 24.3 Å². The first-order valence-corrected chi connectivity index (χ1v) is 11.0. The van der Waals surface area contributed by atoms with Gasteiger partial charge >= 0.3 is 0 Å². The summed E-state index contributed by atoms with van der Waals surface area (Å²) >= 11 is 6.50. The molecule has 2 heterocycles. The molecule has 32 heavy (non-hydrogen) atoms. The minimum Gasteiger partial charge on any atom is -0.352 e. The number of hydrogen-bond donors (Lipinski definition) is 1. The van der Waals surface area contributed by atoms with Crippen LogP contribution in [0.25, 0.3) is 6.08 Å². The monoisotopic (exact) mass is 453 g/mol. The minimum atomic E-state index is -0.362. The summed E-state index contributed by atoms with van der Waals surface area (Å²) in [5, 5.41) is 12.3. The number of fused-ring (bicyclic) bond motifs is 1. The maximum absolute atomic E-state index is 13.0. The van der Waals surface area contributed by atoms with Crippen molar-refractivity contribution in [2.45, 2.75) is 19.4 Å². The van der Waals surface area contributed by atoms with Crippen LogP contribution in [-0.2, 0) is 19.4 Å². The highest BCUT2D eigenvalue weighted by atomic mass is 35.5. The van der Waals surface area contributed by atoms with E-state index in [0.717, 1.165) is 48.3 Å². The predicted molar refractivity (Wildman–Crippen MR) is 123 cm³/mol.